The number of likely N-dealkylation sites (tertiary alicyclic amines) is 1. The van der Waals surface area contributed by atoms with E-state index in [-0.39, 0.29) is 36.8 Å². The molecular formula is C18H31Cl2N3O2. The molecule has 25 heavy (non-hydrogen) atoms. The summed E-state index contributed by atoms with van der Waals surface area (Å²) in [6.45, 7) is 4.34. The van der Waals surface area contributed by atoms with Gasteiger partial charge in [0.15, 0.2) is 0 Å². The third kappa shape index (κ3) is 7.92. The summed E-state index contributed by atoms with van der Waals surface area (Å²) < 4.78 is 5.19. The molecule has 2 rings (SSSR count). The lowest BCUT2D eigenvalue weighted by molar-refractivity contribution is -0.132. The summed E-state index contributed by atoms with van der Waals surface area (Å²) in [4.78, 5) is 16.5. The third-order valence-electron chi connectivity index (χ3n) is 4.58. The van der Waals surface area contributed by atoms with Crippen LogP contribution in [0.4, 0.5) is 0 Å². The van der Waals surface area contributed by atoms with Crippen molar-refractivity contribution < 1.29 is 9.53 Å². The number of rotatable bonds is 8. The minimum Gasteiger partial charge on any atom is -0.380 e. The molecule has 2 N–H and O–H groups in total. The minimum absolute atomic E-state index is 0. The minimum atomic E-state index is -0.178. The van der Waals surface area contributed by atoms with Crippen molar-refractivity contribution in [3.05, 3.63) is 35.9 Å². The molecule has 0 radical (unpaired) electrons. The molecule has 1 heterocycles. The predicted octanol–water partition coefficient (Wildman–Crippen LogP) is 2.17. The van der Waals surface area contributed by atoms with Gasteiger partial charge in [-0.2, -0.15) is 0 Å². The number of nitrogens with two attached hydrogens (primary N) is 1. The summed E-state index contributed by atoms with van der Waals surface area (Å²) in [5.41, 5.74) is 6.93. The first-order valence-corrected chi connectivity index (χ1v) is 8.35. The Balaban J connectivity index is 0.00000288. The van der Waals surface area contributed by atoms with Crippen LogP contribution in [0.25, 0.3) is 0 Å². The van der Waals surface area contributed by atoms with Gasteiger partial charge in [-0.3, -0.25) is 9.69 Å². The highest BCUT2D eigenvalue weighted by atomic mass is 35.5. The van der Waals surface area contributed by atoms with Crippen LogP contribution in [0.1, 0.15) is 18.4 Å². The van der Waals surface area contributed by atoms with Crippen molar-refractivity contribution in [2.24, 2.45) is 11.7 Å². The molecule has 144 valence electrons. The number of carbonyl (C=O) groups excluding carboxylic acids is 1. The molecule has 1 saturated heterocycles. The molecule has 1 fully saturated rings. The first-order valence-electron chi connectivity index (χ1n) is 8.35. The monoisotopic (exact) mass is 391 g/mol. The van der Waals surface area contributed by atoms with E-state index in [1.165, 1.54) is 5.56 Å². The number of benzene rings is 1. The van der Waals surface area contributed by atoms with Gasteiger partial charge in [0.05, 0.1) is 12.5 Å². The van der Waals surface area contributed by atoms with Crippen LogP contribution in [-0.2, 0) is 16.1 Å². The number of hydrogen-bond acceptors (Lipinski definition) is 4. The highest BCUT2D eigenvalue weighted by Gasteiger charge is 2.25. The lowest BCUT2D eigenvalue weighted by Crippen LogP contribution is -2.37. The van der Waals surface area contributed by atoms with E-state index in [0.29, 0.717) is 18.9 Å². The number of nitrogens with zero attached hydrogens (tertiary/aromatic N) is 2. The summed E-state index contributed by atoms with van der Waals surface area (Å²) >= 11 is 0. The molecule has 0 bridgehead atoms. The van der Waals surface area contributed by atoms with Gasteiger partial charge in [-0.25, -0.2) is 0 Å². The van der Waals surface area contributed by atoms with Crippen LogP contribution in [0, 0.1) is 5.92 Å². The van der Waals surface area contributed by atoms with E-state index in [1.807, 2.05) is 18.0 Å². The average Bonchev–Trinajstić information content (AvgIpc) is 3.00. The van der Waals surface area contributed by atoms with E-state index in [4.69, 9.17) is 10.5 Å². The van der Waals surface area contributed by atoms with Crippen LogP contribution in [0.3, 0.4) is 0 Å². The van der Waals surface area contributed by atoms with E-state index < -0.39 is 0 Å². The molecule has 0 spiro atoms. The van der Waals surface area contributed by atoms with Crippen LogP contribution in [0.5, 0.6) is 0 Å². The van der Waals surface area contributed by atoms with Crippen LogP contribution >= 0.6 is 24.8 Å². The zero-order chi connectivity index (χ0) is 16.7. The largest absolute Gasteiger partial charge is 0.380 e. The fraction of sp³-hybridized carbons (Fsp3) is 0.611. The molecule has 5 nitrogen and oxygen atoms in total. The smallest absolute Gasteiger partial charge is 0.224 e. The summed E-state index contributed by atoms with van der Waals surface area (Å²) in [6.07, 6.45) is 1.34. The summed E-state index contributed by atoms with van der Waals surface area (Å²) in [5, 5.41) is 0. The van der Waals surface area contributed by atoms with E-state index >= 15 is 0 Å². The van der Waals surface area contributed by atoms with Crippen molar-refractivity contribution in [1.29, 1.82) is 0 Å². The molecule has 1 aliphatic heterocycles. The van der Waals surface area contributed by atoms with Gasteiger partial charge in [-0.15, -0.1) is 24.8 Å². The van der Waals surface area contributed by atoms with E-state index in [9.17, 15) is 4.79 Å². The van der Waals surface area contributed by atoms with Crippen molar-refractivity contribution in [3.8, 4) is 0 Å². The Hall–Kier alpha value is -0.850. The third-order valence-corrected chi connectivity index (χ3v) is 4.58. The number of halogens is 2. The molecule has 0 saturated carbocycles. The van der Waals surface area contributed by atoms with Gasteiger partial charge < -0.3 is 15.4 Å². The molecule has 2 unspecified atom stereocenters. The Morgan fingerprint density at radius 3 is 2.64 bits per heavy atom. The number of amides is 1. The Kier molecular flexibility index (Phi) is 12.1. The Bertz CT molecular complexity index is 486. The fourth-order valence-corrected chi connectivity index (χ4v) is 3.15. The van der Waals surface area contributed by atoms with Gasteiger partial charge in [0.1, 0.15) is 0 Å². The Labute approximate surface area is 163 Å². The second-order valence-corrected chi connectivity index (χ2v) is 6.45. The number of ether oxygens (including phenoxy) is 1. The maximum Gasteiger partial charge on any atom is 0.224 e. The molecule has 1 amide bonds. The maximum atomic E-state index is 12.2. The number of methoxy groups -OCH3 is 1. The number of carbonyl (C=O) groups is 1. The maximum absolute atomic E-state index is 12.2. The van der Waals surface area contributed by atoms with E-state index in [0.717, 1.165) is 32.6 Å². The Morgan fingerprint density at radius 1 is 1.36 bits per heavy atom. The highest BCUT2D eigenvalue weighted by Crippen LogP contribution is 2.19. The molecular weight excluding hydrogens is 361 g/mol. The van der Waals surface area contributed by atoms with Gasteiger partial charge >= 0.3 is 0 Å². The van der Waals surface area contributed by atoms with Crippen molar-refractivity contribution >= 4 is 30.7 Å². The summed E-state index contributed by atoms with van der Waals surface area (Å²) in [7, 11) is 3.48. The zero-order valence-electron chi connectivity index (χ0n) is 15.1. The molecule has 1 aromatic carbocycles. The molecule has 7 heteroatoms. The zero-order valence-corrected chi connectivity index (χ0v) is 16.7. The molecule has 0 aliphatic carbocycles. The van der Waals surface area contributed by atoms with Gasteiger partial charge in [-0.1, -0.05) is 30.3 Å². The Morgan fingerprint density at radius 2 is 2.04 bits per heavy atom. The second-order valence-electron chi connectivity index (χ2n) is 6.45. The van der Waals surface area contributed by atoms with Crippen molar-refractivity contribution in [2.75, 3.05) is 40.3 Å². The lowest BCUT2D eigenvalue weighted by Gasteiger charge is -2.23. The summed E-state index contributed by atoms with van der Waals surface area (Å²) in [6, 6.07) is 10.5. The molecule has 2 atom stereocenters. The SMILES string of the molecule is COC(CN)CC(=O)N(C)CC1CCN(Cc2ccccc2)C1.Cl.Cl. The second kappa shape index (κ2) is 12.5. The normalized spacial score (nSPS) is 18.1. The van der Waals surface area contributed by atoms with E-state index in [1.54, 1.807) is 7.11 Å². The average molecular weight is 392 g/mol. The number of hydrogen-bond donors (Lipinski definition) is 1. The van der Waals surface area contributed by atoms with Gasteiger partial charge in [0.2, 0.25) is 5.91 Å². The summed E-state index contributed by atoms with van der Waals surface area (Å²) in [5.74, 6) is 0.662. The van der Waals surface area contributed by atoms with Crippen LogP contribution in [0.15, 0.2) is 30.3 Å². The lowest BCUT2D eigenvalue weighted by atomic mass is 10.1. The van der Waals surface area contributed by atoms with Crippen LogP contribution in [-0.4, -0.2) is 62.1 Å². The van der Waals surface area contributed by atoms with Crippen molar-refractivity contribution in [2.45, 2.75) is 25.5 Å². The first-order chi connectivity index (χ1) is 11.1. The highest BCUT2D eigenvalue weighted by molar-refractivity contribution is 5.85. The first kappa shape index (κ1) is 24.1. The molecule has 1 aromatic rings. The predicted molar refractivity (Wildman–Crippen MR) is 106 cm³/mol. The van der Waals surface area contributed by atoms with Crippen LogP contribution < -0.4 is 5.73 Å². The molecule has 0 aromatic heterocycles. The molecule has 1 aliphatic rings. The van der Waals surface area contributed by atoms with Crippen LogP contribution in [0.2, 0.25) is 0 Å². The van der Waals surface area contributed by atoms with E-state index in [2.05, 4.69) is 29.2 Å². The van der Waals surface area contributed by atoms with Gasteiger partial charge in [-0.05, 0) is 24.4 Å². The van der Waals surface area contributed by atoms with Gasteiger partial charge in [0.25, 0.3) is 0 Å². The topological polar surface area (TPSA) is 58.8 Å². The van der Waals surface area contributed by atoms with Gasteiger partial charge in [0, 0.05) is 40.3 Å². The standard InChI is InChI=1S/C18H29N3O2.2ClH/c1-20(18(22)10-17(11-19)23-2)12-16-8-9-21(14-16)13-15-6-4-3-5-7-15;;/h3-7,16-17H,8-14,19H2,1-2H3;2*1H. The fourth-order valence-electron chi connectivity index (χ4n) is 3.15. The van der Waals surface area contributed by atoms with Crippen molar-refractivity contribution in [1.82, 2.24) is 9.80 Å². The quantitative estimate of drug-likeness (QED) is 0.737. The van der Waals surface area contributed by atoms with Crippen molar-refractivity contribution in [3.63, 3.8) is 0 Å².